The van der Waals surface area contributed by atoms with Crippen LogP contribution in [0.3, 0.4) is 0 Å². The van der Waals surface area contributed by atoms with Gasteiger partial charge in [0, 0.05) is 31.1 Å². The average Bonchev–Trinajstić information content (AvgIpc) is 3.17. The number of fused-ring (bicyclic) bond motifs is 3. The lowest BCUT2D eigenvalue weighted by Gasteiger charge is -2.34. The number of aromatic amines is 1. The van der Waals surface area contributed by atoms with Crippen LogP contribution >= 0.6 is 11.3 Å². The molecular weight excluding hydrogens is 451 g/mol. The standard InChI is InChI=1S/C26H31FN4O2S/c1-26(2,3)16-8-9-18-20(14-16)34-24-22(18)23(32)28-21(29-24)15-30-10-12-31(13-11-30)25(33)17-6-4-5-7-19(17)27/h4-7,16H,8-15H2,1-3H3,(H,28,29,32)/t16-/m0/s1. The fourth-order valence-electron chi connectivity index (χ4n) is 5.17. The highest BCUT2D eigenvalue weighted by Crippen LogP contribution is 2.42. The first kappa shape index (κ1) is 23.2. The number of rotatable bonds is 3. The van der Waals surface area contributed by atoms with Crippen LogP contribution in [0.1, 0.15) is 53.8 Å². The van der Waals surface area contributed by atoms with Crippen LogP contribution in [-0.4, -0.2) is 51.9 Å². The smallest absolute Gasteiger partial charge is 0.259 e. The summed E-state index contributed by atoms with van der Waals surface area (Å²) in [7, 11) is 0. The summed E-state index contributed by atoms with van der Waals surface area (Å²) in [6, 6.07) is 6.10. The predicted octanol–water partition coefficient (Wildman–Crippen LogP) is 4.23. The van der Waals surface area contributed by atoms with Gasteiger partial charge in [-0.15, -0.1) is 11.3 Å². The first-order chi connectivity index (χ1) is 16.2. The SMILES string of the molecule is CC(C)(C)[C@H]1CCc2c(sc3nc(CN4CCN(C(=O)c5ccccc5F)CC4)[nH]c(=O)c23)C1. The number of halogens is 1. The number of nitrogens with zero attached hydrogens (tertiary/aromatic N) is 3. The quantitative estimate of drug-likeness (QED) is 0.607. The summed E-state index contributed by atoms with van der Waals surface area (Å²) in [5.41, 5.74) is 1.53. The van der Waals surface area contributed by atoms with Gasteiger partial charge in [-0.3, -0.25) is 14.5 Å². The third-order valence-corrected chi connectivity index (χ3v) is 8.48. The molecule has 3 heterocycles. The molecule has 1 fully saturated rings. The number of amides is 1. The van der Waals surface area contributed by atoms with Crippen LogP contribution in [0.15, 0.2) is 29.1 Å². The Morgan fingerprint density at radius 2 is 1.94 bits per heavy atom. The molecule has 0 bridgehead atoms. The minimum Gasteiger partial charge on any atom is -0.336 e. The van der Waals surface area contributed by atoms with Crippen molar-refractivity contribution in [2.45, 2.75) is 46.6 Å². The summed E-state index contributed by atoms with van der Waals surface area (Å²) in [4.78, 5) is 39.5. The number of aryl methyl sites for hydroxylation is 1. The molecule has 0 unspecified atom stereocenters. The fourth-order valence-corrected chi connectivity index (χ4v) is 6.49. The molecule has 34 heavy (non-hydrogen) atoms. The van der Waals surface area contributed by atoms with E-state index in [9.17, 15) is 14.0 Å². The van der Waals surface area contributed by atoms with Crippen LogP contribution in [0.25, 0.3) is 10.2 Å². The van der Waals surface area contributed by atoms with Crippen molar-refractivity contribution in [3.05, 3.63) is 62.3 Å². The Bertz CT molecular complexity index is 1280. The number of carbonyl (C=O) groups is 1. The number of hydrogen-bond acceptors (Lipinski definition) is 5. The molecular formula is C26H31FN4O2S. The summed E-state index contributed by atoms with van der Waals surface area (Å²) < 4.78 is 14.0. The van der Waals surface area contributed by atoms with Crippen LogP contribution in [0.4, 0.5) is 4.39 Å². The van der Waals surface area contributed by atoms with Gasteiger partial charge in [-0.2, -0.15) is 0 Å². The highest BCUT2D eigenvalue weighted by atomic mass is 32.1. The summed E-state index contributed by atoms with van der Waals surface area (Å²) in [6.07, 6.45) is 3.07. The molecule has 1 aliphatic heterocycles. The average molecular weight is 483 g/mol. The van der Waals surface area contributed by atoms with Gasteiger partial charge in [0.2, 0.25) is 0 Å². The van der Waals surface area contributed by atoms with E-state index in [1.54, 1.807) is 28.4 Å². The molecule has 1 N–H and O–H groups in total. The van der Waals surface area contributed by atoms with Crippen LogP contribution < -0.4 is 5.56 Å². The Morgan fingerprint density at radius 3 is 2.65 bits per heavy atom. The second-order valence-corrected chi connectivity index (χ2v) is 11.6. The van der Waals surface area contributed by atoms with Crippen LogP contribution in [0.5, 0.6) is 0 Å². The molecule has 2 aromatic heterocycles. The maximum atomic E-state index is 14.0. The van der Waals surface area contributed by atoms with Crippen molar-refractivity contribution in [3.8, 4) is 0 Å². The van der Waals surface area contributed by atoms with Crippen molar-refractivity contribution in [2.75, 3.05) is 26.2 Å². The molecule has 0 saturated carbocycles. The zero-order valence-corrected chi connectivity index (χ0v) is 20.8. The highest BCUT2D eigenvalue weighted by Gasteiger charge is 2.32. The first-order valence-corrected chi connectivity index (χ1v) is 12.8. The first-order valence-electron chi connectivity index (χ1n) is 12.0. The molecule has 6 nitrogen and oxygen atoms in total. The Hall–Kier alpha value is -2.58. The molecule has 1 amide bonds. The third kappa shape index (κ3) is 4.41. The molecule has 1 aliphatic carbocycles. The molecule has 3 aromatic rings. The maximum absolute atomic E-state index is 14.0. The number of carbonyl (C=O) groups excluding carboxylic acids is 1. The molecule has 180 valence electrons. The number of nitrogens with one attached hydrogen (secondary N) is 1. The Labute approximate surface area is 202 Å². The molecule has 8 heteroatoms. The van der Waals surface area contributed by atoms with Gasteiger partial charge in [-0.05, 0) is 48.3 Å². The van der Waals surface area contributed by atoms with E-state index in [0.29, 0.717) is 44.5 Å². The second kappa shape index (κ2) is 8.89. The van der Waals surface area contributed by atoms with E-state index in [1.165, 1.54) is 22.6 Å². The van der Waals surface area contributed by atoms with Crippen molar-refractivity contribution >= 4 is 27.5 Å². The van der Waals surface area contributed by atoms with Crippen LogP contribution in [0.2, 0.25) is 0 Å². The van der Waals surface area contributed by atoms with Crippen molar-refractivity contribution < 1.29 is 9.18 Å². The van der Waals surface area contributed by atoms with Gasteiger partial charge < -0.3 is 9.88 Å². The van der Waals surface area contributed by atoms with Gasteiger partial charge in [0.15, 0.2) is 0 Å². The van der Waals surface area contributed by atoms with E-state index < -0.39 is 5.82 Å². The number of benzene rings is 1. The van der Waals surface area contributed by atoms with E-state index in [2.05, 4.69) is 30.7 Å². The van der Waals surface area contributed by atoms with E-state index in [4.69, 9.17) is 4.98 Å². The molecule has 5 rings (SSSR count). The van der Waals surface area contributed by atoms with E-state index in [1.807, 2.05) is 0 Å². The van der Waals surface area contributed by atoms with Crippen molar-refractivity contribution in [1.82, 2.24) is 19.8 Å². The maximum Gasteiger partial charge on any atom is 0.259 e. The van der Waals surface area contributed by atoms with Crippen molar-refractivity contribution in [1.29, 1.82) is 0 Å². The summed E-state index contributed by atoms with van der Waals surface area (Å²) in [5, 5.41) is 0.774. The minimum absolute atomic E-state index is 0.0416. The lowest BCUT2D eigenvalue weighted by Crippen LogP contribution is -2.48. The van der Waals surface area contributed by atoms with Gasteiger partial charge in [0.05, 0.1) is 17.5 Å². The highest BCUT2D eigenvalue weighted by molar-refractivity contribution is 7.18. The fraction of sp³-hybridized carbons (Fsp3) is 0.500. The van der Waals surface area contributed by atoms with E-state index >= 15 is 0 Å². The molecule has 0 radical (unpaired) electrons. The van der Waals surface area contributed by atoms with Gasteiger partial charge in [-0.1, -0.05) is 32.9 Å². The monoisotopic (exact) mass is 482 g/mol. The number of piperazine rings is 1. The number of aromatic nitrogens is 2. The summed E-state index contributed by atoms with van der Waals surface area (Å²) in [6.45, 7) is 9.74. The summed E-state index contributed by atoms with van der Waals surface area (Å²) in [5.74, 6) is 0.522. The van der Waals surface area contributed by atoms with Gasteiger partial charge in [0.1, 0.15) is 16.5 Å². The van der Waals surface area contributed by atoms with Crippen molar-refractivity contribution in [3.63, 3.8) is 0 Å². The lowest BCUT2D eigenvalue weighted by molar-refractivity contribution is 0.0621. The number of thiophene rings is 1. The Balaban J connectivity index is 1.28. The largest absolute Gasteiger partial charge is 0.336 e. The van der Waals surface area contributed by atoms with Crippen LogP contribution in [-0.2, 0) is 19.4 Å². The topological polar surface area (TPSA) is 69.3 Å². The van der Waals surface area contributed by atoms with Gasteiger partial charge in [0.25, 0.3) is 11.5 Å². The molecule has 2 aliphatic rings. The molecule has 0 spiro atoms. The predicted molar refractivity (Wildman–Crippen MR) is 133 cm³/mol. The molecule has 1 aromatic carbocycles. The zero-order chi connectivity index (χ0) is 24.0. The number of H-pyrrole nitrogens is 1. The van der Waals surface area contributed by atoms with E-state index in [-0.39, 0.29) is 22.4 Å². The normalized spacial score (nSPS) is 19.4. The Morgan fingerprint density at radius 1 is 1.21 bits per heavy atom. The van der Waals surface area contributed by atoms with E-state index in [0.717, 1.165) is 29.5 Å². The number of hydrogen-bond donors (Lipinski definition) is 1. The van der Waals surface area contributed by atoms with Crippen molar-refractivity contribution in [2.24, 2.45) is 11.3 Å². The van der Waals surface area contributed by atoms with Crippen LogP contribution in [0, 0.1) is 17.2 Å². The third-order valence-electron chi connectivity index (χ3n) is 7.33. The van der Waals surface area contributed by atoms with Gasteiger partial charge in [-0.25, -0.2) is 9.37 Å². The Kier molecular flexibility index (Phi) is 6.06. The molecule has 1 saturated heterocycles. The second-order valence-electron chi connectivity index (χ2n) is 10.6. The lowest BCUT2D eigenvalue weighted by atomic mass is 9.72. The van der Waals surface area contributed by atoms with Gasteiger partial charge >= 0.3 is 0 Å². The minimum atomic E-state index is -0.488. The summed E-state index contributed by atoms with van der Waals surface area (Å²) >= 11 is 1.68. The zero-order valence-electron chi connectivity index (χ0n) is 20.0. The molecule has 1 atom stereocenters.